The molecule has 3 rings (SSSR count). The zero-order valence-electron chi connectivity index (χ0n) is 15.9. The quantitative estimate of drug-likeness (QED) is 0.543. The van der Waals surface area contributed by atoms with Crippen LogP contribution in [0.4, 0.5) is 4.79 Å². The lowest BCUT2D eigenvalue weighted by atomic mass is 9.96. The maximum Gasteiger partial charge on any atom is 0.321 e. The van der Waals surface area contributed by atoms with Gasteiger partial charge in [0.05, 0.1) is 17.6 Å². The lowest BCUT2D eigenvalue weighted by molar-refractivity contribution is -0.117. The van der Waals surface area contributed by atoms with Gasteiger partial charge in [0, 0.05) is 12.6 Å². The number of hydrogen-bond acceptors (Lipinski definition) is 6. The second kappa shape index (κ2) is 9.59. The van der Waals surface area contributed by atoms with Crippen LogP contribution in [0.5, 0.6) is 0 Å². The highest BCUT2D eigenvalue weighted by molar-refractivity contribution is 7.99. The number of carbonyl (C=O) groups is 2. The zero-order valence-corrected chi connectivity index (χ0v) is 16.8. The summed E-state index contributed by atoms with van der Waals surface area (Å²) >= 11 is 1.23. The molecule has 2 heterocycles. The van der Waals surface area contributed by atoms with Crippen LogP contribution < -0.4 is 10.6 Å². The average molecular weight is 404 g/mol. The number of urea groups is 1. The molecule has 8 nitrogen and oxygen atoms in total. The number of allylic oxidation sites excluding steroid dienone is 1. The maximum atomic E-state index is 12.1. The number of imide groups is 1. The van der Waals surface area contributed by atoms with Gasteiger partial charge in [-0.15, -0.1) is 16.8 Å². The first-order valence-electron chi connectivity index (χ1n) is 9.40. The Kier molecular flexibility index (Phi) is 6.91. The summed E-state index contributed by atoms with van der Waals surface area (Å²) in [5, 5.41) is 14.3. The number of rotatable bonds is 7. The molecular weight excluding hydrogens is 378 g/mol. The zero-order chi connectivity index (χ0) is 19.9. The monoisotopic (exact) mass is 403 g/mol. The Morgan fingerprint density at radius 2 is 2.14 bits per heavy atom. The van der Waals surface area contributed by atoms with Gasteiger partial charge in [-0.05, 0) is 25.8 Å². The summed E-state index contributed by atoms with van der Waals surface area (Å²) < 4.78 is 7.21. The van der Waals surface area contributed by atoms with Crippen molar-refractivity contribution < 1.29 is 14.0 Å². The number of thioether (sulfide) groups is 1. The van der Waals surface area contributed by atoms with Crippen LogP contribution in [-0.2, 0) is 11.3 Å². The molecule has 1 aliphatic rings. The van der Waals surface area contributed by atoms with Gasteiger partial charge in [0.15, 0.2) is 11.0 Å². The minimum atomic E-state index is -0.431. The minimum absolute atomic E-state index is 0.0672. The van der Waals surface area contributed by atoms with Crippen molar-refractivity contribution in [3.8, 4) is 11.4 Å². The van der Waals surface area contributed by atoms with E-state index >= 15 is 0 Å². The molecule has 2 N–H and O–H groups in total. The first-order chi connectivity index (χ1) is 13.6. The molecule has 0 aromatic carbocycles. The van der Waals surface area contributed by atoms with Crippen molar-refractivity contribution in [3.63, 3.8) is 0 Å². The molecule has 0 radical (unpaired) electrons. The number of nitrogens with one attached hydrogen (secondary N) is 2. The molecule has 1 saturated carbocycles. The molecule has 0 atom stereocenters. The Bertz CT molecular complexity index is 838. The molecule has 0 unspecified atom stereocenters. The van der Waals surface area contributed by atoms with Crippen molar-refractivity contribution in [2.24, 2.45) is 0 Å². The van der Waals surface area contributed by atoms with E-state index in [1.807, 2.05) is 17.6 Å². The van der Waals surface area contributed by atoms with E-state index in [0.717, 1.165) is 37.0 Å². The van der Waals surface area contributed by atoms with Crippen molar-refractivity contribution in [2.75, 3.05) is 5.75 Å². The summed E-state index contributed by atoms with van der Waals surface area (Å²) in [6, 6.07) is 1.56. The normalized spacial score (nSPS) is 14.6. The van der Waals surface area contributed by atoms with E-state index in [4.69, 9.17) is 4.42 Å². The van der Waals surface area contributed by atoms with Crippen LogP contribution in [0.25, 0.3) is 11.4 Å². The lowest BCUT2D eigenvalue weighted by Gasteiger charge is -2.22. The predicted molar refractivity (Wildman–Crippen MR) is 107 cm³/mol. The van der Waals surface area contributed by atoms with E-state index in [9.17, 15) is 9.59 Å². The van der Waals surface area contributed by atoms with E-state index < -0.39 is 6.03 Å². The highest BCUT2D eigenvalue weighted by Gasteiger charge is 2.19. The SMILES string of the molecule is C=CCn1c(SCC(=O)NC(=O)NC2CCCCC2)nnc1-c1ccoc1C. The number of carbonyl (C=O) groups excluding carboxylic acids is 2. The molecule has 0 bridgehead atoms. The fourth-order valence-electron chi connectivity index (χ4n) is 3.27. The van der Waals surface area contributed by atoms with Gasteiger partial charge in [-0.2, -0.15) is 0 Å². The molecule has 28 heavy (non-hydrogen) atoms. The average Bonchev–Trinajstić information content (AvgIpc) is 3.27. The molecule has 1 aliphatic carbocycles. The Hall–Kier alpha value is -2.55. The molecule has 0 aliphatic heterocycles. The van der Waals surface area contributed by atoms with Crippen molar-refractivity contribution in [1.82, 2.24) is 25.4 Å². The first-order valence-corrected chi connectivity index (χ1v) is 10.4. The molecule has 9 heteroatoms. The summed E-state index contributed by atoms with van der Waals surface area (Å²) in [6.45, 7) is 6.12. The van der Waals surface area contributed by atoms with E-state index in [1.54, 1.807) is 12.3 Å². The molecular formula is C19H25N5O3S. The van der Waals surface area contributed by atoms with Crippen LogP contribution in [0.3, 0.4) is 0 Å². The molecule has 150 valence electrons. The second-order valence-electron chi connectivity index (χ2n) is 6.74. The van der Waals surface area contributed by atoms with Gasteiger partial charge < -0.3 is 9.73 Å². The Balaban J connectivity index is 1.57. The fraction of sp³-hybridized carbons (Fsp3) is 0.474. The van der Waals surface area contributed by atoms with Crippen LogP contribution in [0, 0.1) is 6.92 Å². The van der Waals surface area contributed by atoms with Gasteiger partial charge in [0.25, 0.3) is 0 Å². The molecule has 2 aromatic rings. The van der Waals surface area contributed by atoms with Gasteiger partial charge >= 0.3 is 6.03 Å². The number of furan rings is 1. The number of nitrogens with zero attached hydrogens (tertiary/aromatic N) is 3. The second-order valence-corrected chi connectivity index (χ2v) is 7.68. The van der Waals surface area contributed by atoms with Crippen molar-refractivity contribution in [3.05, 3.63) is 30.7 Å². The highest BCUT2D eigenvalue weighted by atomic mass is 32.2. The van der Waals surface area contributed by atoms with Gasteiger partial charge in [0.2, 0.25) is 5.91 Å². The third-order valence-corrected chi connectivity index (χ3v) is 5.62. The van der Waals surface area contributed by atoms with E-state index in [2.05, 4.69) is 27.4 Å². The standard InChI is InChI=1S/C19H25N5O3S/c1-3-10-24-17(15-9-11-27-13(15)2)22-23-19(24)28-12-16(25)21-18(26)20-14-7-5-4-6-8-14/h3,9,11,14H,1,4-8,10,12H2,2H3,(H2,20,21,25,26). The Labute approximate surface area is 168 Å². The molecule has 3 amide bonds. The number of amides is 3. The van der Waals surface area contributed by atoms with E-state index in [-0.39, 0.29) is 17.7 Å². The third kappa shape index (κ3) is 5.03. The lowest BCUT2D eigenvalue weighted by Crippen LogP contribution is -2.45. The molecule has 0 spiro atoms. The largest absolute Gasteiger partial charge is 0.469 e. The van der Waals surface area contributed by atoms with Crippen molar-refractivity contribution >= 4 is 23.7 Å². The smallest absolute Gasteiger partial charge is 0.321 e. The van der Waals surface area contributed by atoms with Crippen LogP contribution >= 0.6 is 11.8 Å². The number of aryl methyl sites for hydroxylation is 1. The van der Waals surface area contributed by atoms with Crippen LogP contribution in [0.2, 0.25) is 0 Å². The summed E-state index contributed by atoms with van der Waals surface area (Å²) in [5.41, 5.74) is 0.845. The highest BCUT2D eigenvalue weighted by Crippen LogP contribution is 2.27. The number of hydrogen-bond donors (Lipinski definition) is 2. The first kappa shape index (κ1) is 20.2. The maximum absolute atomic E-state index is 12.1. The molecule has 1 fully saturated rings. The van der Waals surface area contributed by atoms with E-state index in [0.29, 0.717) is 17.5 Å². The van der Waals surface area contributed by atoms with E-state index in [1.165, 1.54) is 18.2 Å². The fourth-order valence-corrected chi connectivity index (χ4v) is 4.01. The van der Waals surface area contributed by atoms with Crippen LogP contribution in [-0.4, -0.2) is 38.5 Å². The summed E-state index contributed by atoms with van der Waals surface area (Å²) in [4.78, 5) is 24.1. The predicted octanol–water partition coefficient (Wildman–Crippen LogP) is 3.28. The van der Waals surface area contributed by atoms with Crippen LogP contribution in [0.15, 0.2) is 34.6 Å². The molecule has 0 saturated heterocycles. The number of aromatic nitrogens is 3. The van der Waals surface area contributed by atoms with Gasteiger partial charge in [0.1, 0.15) is 5.76 Å². The summed E-state index contributed by atoms with van der Waals surface area (Å²) in [7, 11) is 0. The minimum Gasteiger partial charge on any atom is -0.469 e. The Morgan fingerprint density at radius 3 is 2.82 bits per heavy atom. The van der Waals surface area contributed by atoms with Crippen molar-refractivity contribution in [2.45, 2.75) is 56.8 Å². The van der Waals surface area contributed by atoms with Gasteiger partial charge in [-0.3, -0.25) is 14.7 Å². The Morgan fingerprint density at radius 1 is 1.36 bits per heavy atom. The topological polar surface area (TPSA) is 102 Å². The van der Waals surface area contributed by atoms with Crippen molar-refractivity contribution in [1.29, 1.82) is 0 Å². The summed E-state index contributed by atoms with van der Waals surface area (Å²) in [6.07, 6.45) is 8.72. The molecule has 2 aromatic heterocycles. The van der Waals surface area contributed by atoms with Gasteiger partial charge in [-0.1, -0.05) is 37.1 Å². The summed E-state index contributed by atoms with van der Waals surface area (Å²) in [5.74, 6) is 1.10. The third-order valence-electron chi connectivity index (χ3n) is 4.65. The van der Waals surface area contributed by atoms with Crippen LogP contribution in [0.1, 0.15) is 37.9 Å². The van der Waals surface area contributed by atoms with Gasteiger partial charge in [-0.25, -0.2) is 4.79 Å².